The topological polar surface area (TPSA) is 55.5 Å². The van der Waals surface area contributed by atoms with E-state index < -0.39 is 0 Å². The smallest absolute Gasteiger partial charge is 0.131 e. The number of nitrogens with zero attached hydrogens (tertiary/aromatic N) is 1. The van der Waals surface area contributed by atoms with Crippen molar-refractivity contribution in [1.82, 2.24) is 0 Å². The molecule has 0 bridgehead atoms. The number of benzene rings is 2. The average Bonchev–Trinajstić information content (AvgIpc) is 2.33. The first-order valence-corrected chi connectivity index (χ1v) is 5.12. The molecule has 2 N–H and O–H groups in total. The highest BCUT2D eigenvalue weighted by Crippen LogP contribution is 2.33. The first-order chi connectivity index (χ1) is 8.13. The van der Waals surface area contributed by atoms with Gasteiger partial charge in [-0.05, 0) is 41.4 Å². The highest BCUT2D eigenvalue weighted by atomic mass is 19.1. The molecule has 17 heavy (non-hydrogen) atoms. The highest BCUT2D eigenvalue weighted by Gasteiger charge is 2.09. The molecule has 86 valence electrons. The Morgan fingerprint density at radius 3 is 2.59 bits per heavy atom. The van der Waals surface area contributed by atoms with Gasteiger partial charge in [0.15, 0.2) is 0 Å². The Morgan fingerprint density at radius 2 is 1.94 bits per heavy atom. The van der Waals surface area contributed by atoms with Gasteiger partial charge >= 0.3 is 0 Å². The fraction of sp³-hybridized carbons (Fsp3) is 0.0769. The largest absolute Gasteiger partial charge is 0.397 e. The van der Waals surface area contributed by atoms with E-state index >= 15 is 0 Å². The Morgan fingerprint density at radius 1 is 1.24 bits per heavy atom. The lowest BCUT2D eigenvalue weighted by atomic mass is 10.0. The number of nitrogens with two attached hydrogens (primary N) is 1. The first kappa shape index (κ1) is 11.3. The van der Waals surface area contributed by atoms with Gasteiger partial charge in [-0.25, -0.2) is 4.39 Å². The Hall–Kier alpha value is -2.23. The van der Waals surface area contributed by atoms with Gasteiger partial charge in [-0.1, -0.05) is 18.2 Å². The lowest BCUT2D eigenvalue weighted by Gasteiger charge is -2.08. The Balaban J connectivity index is 2.65. The van der Waals surface area contributed by atoms with Crippen LogP contribution in [0.25, 0.3) is 11.1 Å². The number of nitrogen functional groups attached to an aromatic ring is 1. The van der Waals surface area contributed by atoms with E-state index in [1.165, 1.54) is 12.1 Å². The highest BCUT2D eigenvalue weighted by molar-refractivity contribution is 5.77. The van der Waals surface area contributed by atoms with E-state index in [0.29, 0.717) is 22.4 Å². The van der Waals surface area contributed by atoms with Crippen molar-refractivity contribution in [2.75, 3.05) is 5.73 Å². The van der Waals surface area contributed by atoms with Gasteiger partial charge in [-0.2, -0.15) is 0 Å². The van der Waals surface area contributed by atoms with E-state index in [-0.39, 0.29) is 11.5 Å². The summed E-state index contributed by atoms with van der Waals surface area (Å²) in [5.41, 5.74) is 7.91. The molecule has 0 spiro atoms. The van der Waals surface area contributed by atoms with E-state index in [2.05, 4.69) is 5.18 Å². The van der Waals surface area contributed by atoms with Crippen molar-refractivity contribution >= 4 is 11.4 Å². The van der Waals surface area contributed by atoms with Crippen LogP contribution in [0.5, 0.6) is 0 Å². The summed E-state index contributed by atoms with van der Waals surface area (Å²) < 4.78 is 13.6. The maximum atomic E-state index is 13.6. The third-order valence-electron chi connectivity index (χ3n) is 2.65. The lowest BCUT2D eigenvalue weighted by Crippen LogP contribution is -1.92. The van der Waals surface area contributed by atoms with Crippen LogP contribution in [0.1, 0.15) is 5.56 Å². The number of hydrogen-bond donors (Lipinski definition) is 1. The van der Waals surface area contributed by atoms with Crippen molar-refractivity contribution in [2.45, 2.75) is 6.92 Å². The van der Waals surface area contributed by atoms with Crippen molar-refractivity contribution in [3.63, 3.8) is 0 Å². The summed E-state index contributed by atoms with van der Waals surface area (Å²) in [6, 6.07) is 9.60. The van der Waals surface area contributed by atoms with Gasteiger partial charge in [0, 0.05) is 5.56 Å². The maximum Gasteiger partial charge on any atom is 0.131 e. The predicted octanol–water partition coefficient (Wildman–Crippen LogP) is 3.78. The molecule has 0 saturated carbocycles. The van der Waals surface area contributed by atoms with E-state index in [1.54, 1.807) is 31.2 Å². The number of halogens is 1. The summed E-state index contributed by atoms with van der Waals surface area (Å²) in [7, 11) is 0. The molecule has 2 rings (SSSR count). The maximum absolute atomic E-state index is 13.6. The van der Waals surface area contributed by atoms with Crippen LogP contribution < -0.4 is 5.73 Å². The predicted molar refractivity (Wildman–Crippen MR) is 66.4 cm³/mol. The standard InChI is InChI=1S/C13H11FN2O/c1-8-6-9(7-12(16-17)13(8)15)10-4-2-3-5-11(10)14/h2-7H,15H2,1H3. The van der Waals surface area contributed by atoms with Crippen molar-refractivity contribution in [3.05, 3.63) is 52.7 Å². The van der Waals surface area contributed by atoms with Crippen molar-refractivity contribution in [3.8, 4) is 11.1 Å². The van der Waals surface area contributed by atoms with Crippen LogP contribution in [0.4, 0.5) is 15.8 Å². The second kappa shape index (κ2) is 4.33. The van der Waals surface area contributed by atoms with Crippen LogP contribution in [0.15, 0.2) is 41.6 Å². The summed E-state index contributed by atoms with van der Waals surface area (Å²) >= 11 is 0. The number of anilines is 1. The minimum Gasteiger partial charge on any atom is -0.397 e. The molecule has 0 aliphatic heterocycles. The molecule has 0 amide bonds. The number of hydrogen-bond acceptors (Lipinski definition) is 3. The van der Waals surface area contributed by atoms with Gasteiger partial charge in [0.05, 0.1) is 5.69 Å². The second-order valence-electron chi connectivity index (χ2n) is 3.80. The zero-order valence-corrected chi connectivity index (χ0v) is 9.27. The van der Waals surface area contributed by atoms with E-state index in [9.17, 15) is 9.30 Å². The van der Waals surface area contributed by atoms with Crippen LogP contribution in [0.2, 0.25) is 0 Å². The van der Waals surface area contributed by atoms with E-state index in [1.807, 2.05) is 0 Å². The molecule has 2 aromatic rings. The van der Waals surface area contributed by atoms with Crippen LogP contribution in [0.3, 0.4) is 0 Å². The van der Waals surface area contributed by atoms with Crippen molar-refractivity contribution in [2.24, 2.45) is 5.18 Å². The molecule has 0 radical (unpaired) electrons. The normalized spacial score (nSPS) is 10.2. The summed E-state index contributed by atoms with van der Waals surface area (Å²) in [6.45, 7) is 1.76. The first-order valence-electron chi connectivity index (χ1n) is 5.12. The van der Waals surface area contributed by atoms with Crippen LogP contribution in [0, 0.1) is 17.6 Å². The number of aryl methyl sites for hydroxylation is 1. The molecule has 0 aliphatic rings. The van der Waals surface area contributed by atoms with Crippen LogP contribution >= 0.6 is 0 Å². The molecule has 0 aromatic heterocycles. The SMILES string of the molecule is Cc1cc(-c2ccccc2F)cc(N=O)c1N. The molecule has 0 heterocycles. The minimum atomic E-state index is -0.339. The molecular formula is C13H11FN2O. The van der Waals surface area contributed by atoms with E-state index in [4.69, 9.17) is 5.73 Å². The van der Waals surface area contributed by atoms with Gasteiger partial charge < -0.3 is 5.73 Å². The molecule has 0 aliphatic carbocycles. The number of rotatable bonds is 2. The molecule has 0 fully saturated rings. The zero-order valence-electron chi connectivity index (χ0n) is 9.27. The van der Waals surface area contributed by atoms with E-state index in [0.717, 1.165) is 0 Å². The molecule has 0 unspecified atom stereocenters. The van der Waals surface area contributed by atoms with Crippen LogP contribution in [-0.4, -0.2) is 0 Å². The number of nitroso groups, excluding NO2 is 1. The van der Waals surface area contributed by atoms with Gasteiger partial charge in [0.2, 0.25) is 0 Å². The Labute approximate surface area is 98.1 Å². The molecule has 0 saturated heterocycles. The van der Waals surface area contributed by atoms with Crippen molar-refractivity contribution in [1.29, 1.82) is 0 Å². The monoisotopic (exact) mass is 230 g/mol. The molecule has 2 aromatic carbocycles. The quantitative estimate of drug-likeness (QED) is 0.630. The molecule has 3 nitrogen and oxygen atoms in total. The van der Waals surface area contributed by atoms with Gasteiger partial charge in [0.25, 0.3) is 0 Å². The zero-order chi connectivity index (χ0) is 12.4. The average molecular weight is 230 g/mol. The summed E-state index contributed by atoms with van der Waals surface area (Å²) in [5, 5.41) is 2.85. The van der Waals surface area contributed by atoms with Gasteiger partial charge in [-0.3, -0.25) is 0 Å². The lowest BCUT2D eigenvalue weighted by molar-refractivity contribution is 0.631. The molecule has 4 heteroatoms. The summed E-state index contributed by atoms with van der Waals surface area (Å²) in [4.78, 5) is 10.6. The summed E-state index contributed by atoms with van der Waals surface area (Å²) in [5.74, 6) is -0.339. The minimum absolute atomic E-state index is 0.142. The molecular weight excluding hydrogens is 219 g/mol. The Kier molecular flexibility index (Phi) is 2.87. The van der Waals surface area contributed by atoms with Gasteiger partial charge in [0.1, 0.15) is 11.5 Å². The van der Waals surface area contributed by atoms with Crippen molar-refractivity contribution < 1.29 is 4.39 Å². The fourth-order valence-electron chi connectivity index (χ4n) is 1.71. The Bertz CT molecular complexity index is 582. The third-order valence-corrected chi connectivity index (χ3v) is 2.65. The fourth-order valence-corrected chi connectivity index (χ4v) is 1.71. The second-order valence-corrected chi connectivity index (χ2v) is 3.80. The van der Waals surface area contributed by atoms with Crippen LogP contribution in [-0.2, 0) is 0 Å². The summed E-state index contributed by atoms with van der Waals surface area (Å²) in [6.07, 6.45) is 0. The van der Waals surface area contributed by atoms with Gasteiger partial charge in [-0.15, -0.1) is 4.91 Å². The molecule has 0 atom stereocenters. The third kappa shape index (κ3) is 2.01.